The Hall–Kier alpha value is -1.24. The Balaban J connectivity index is 2.64. The highest BCUT2D eigenvalue weighted by molar-refractivity contribution is 5.19. The van der Waals surface area contributed by atoms with Crippen molar-refractivity contribution in [1.29, 1.82) is 0 Å². The van der Waals surface area contributed by atoms with Gasteiger partial charge in [-0.05, 0) is 25.6 Å². The van der Waals surface area contributed by atoms with Crippen molar-refractivity contribution in [3.05, 3.63) is 23.2 Å². The Labute approximate surface area is 84.9 Å². The molecule has 0 aromatic carbocycles. The second-order valence-corrected chi connectivity index (χ2v) is 3.40. The second-order valence-electron chi connectivity index (χ2n) is 3.40. The van der Waals surface area contributed by atoms with Crippen LogP contribution in [-0.4, -0.2) is 18.5 Å². The van der Waals surface area contributed by atoms with Gasteiger partial charge in [-0.25, -0.2) is 0 Å². The van der Waals surface area contributed by atoms with E-state index in [9.17, 15) is 0 Å². The van der Waals surface area contributed by atoms with E-state index < -0.39 is 0 Å². The van der Waals surface area contributed by atoms with E-state index in [4.69, 9.17) is 16.6 Å². The Morgan fingerprint density at radius 3 is 2.86 bits per heavy atom. The summed E-state index contributed by atoms with van der Waals surface area (Å²) in [4.78, 5) is 2.01. The minimum atomic E-state index is 0.449. The van der Waals surface area contributed by atoms with E-state index >= 15 is 0 Å². The largest absolute Gasteiger partial charge is 0.463 e. The fourth-order valence-corrected chi connectivity index (χ4v) is 1.35. The van der Waals surface area contributed by atoms with Crippen LogP contribution < -0.4 is 5.73 Å². The highest BCUT2D eigenvalue weighted by Gasteiger charge is 2.07. The van der Waals surface area contributed by atoms with Crippen molar-refractivity contribution in [2.24, 2.45) is 5.73 Å². The molecule has 76 valence electrons. The zero-order valence-corrected chi connectivity index (χ0v) is 8.71. The normalized spacial score (nSPS) is 10.5. The van der Waals surface area contributed by atoms with Gasteiger partial charge in [0.25, 0.3) is 0 Å². The predicted octanol–water partition coefficient (Wildman–Crippen LogP) is 1.11. The molecule has 1 aromatic rings. The molecule has 0 spiro atoms. The Kier molecular flexibility index (Phi) is 3.75. The van der Waals surface area contributed by atoms with Crippen molar-refractivity contribution in [3.8, 4) is 12.3 Å². The molecule has 0 aliphatic carbocycles. The lowest BCUT2D eigenvalue weighted by molar-refractivity contribution is 0.320. The number of furan rings is 1. The van der Waals surface area contributed by atoms with Gasteiger partial charge >= 0.3 is 0 Å². The smallest absolute Gasteiger partial charge is 0.120 e. The molecule has 0 amide bonds. The highest BCUT2D eigenvalue weighted by atomic mass is 16.3. The molecule has 0 atom stereocenters. The maximum atomic E-state index is 5.55. The van der Waals surface area contributed by atoms with E-state index in [1.807, 2.05) is 24.9 Å². The molecular formula is C11H16N2O. The predicted molar refractivity (Wildman–Crippen MR) is 56.5 cm³/mol. The van der Waals surface area contributed by atoms with Crippen LogP contribution in [0.2, 0.25) is 0 Å². The molecule has 0 saturated heterocycles. The number of aryl methyl sites for hydroxylation is 1. The van der Waals surface area contributed by atoms with Gasteiger partial charge < -0.3 is 10.2 Å². The molecule has 0 fully saturated rings. The molecule has 0 saturated carbocycles. The molecule has 1 heterocycles. The van der Waals surface area contributed by atoms with Crippen LogP contribution in [0.25, 0.3) is 0 Å². The monoisotopic (exact) mass is 192 g/mol. The van der Waals surface area contributed by atoms with Gasteiger partial charge in [-0.15, -0.1) is 6.42 Å². The third-order valence-electron chi connectivity index (χ3n) is 2.04. The van der Waals surface area contributed by atoms with Crippen LogP contribution >= 0.6 is 0 Å². The summed E-state index contributed by atoms with van der Waals surface area (Å²) in [6, 6.07) is 2.01. The lowest BCUT2D eigenvalue weighted by Crippen LogP contribution is -2.17. The third-order valence-corrected chi connectivity index (χ3v) is 2.04. The van der Waals surface area contributed by atoms with Crippen LogP contribution in [-0.2, 0) is 13.1 Å². The van der Waals surface area contributed by atoms with E-state index in [1.165, 1.54) is 0 Å². The summed E-state index contributed by atoms with van der Waals surface area (Å²) in [5.74, 6) is 4.36. The molecule has 3 nitrogen and oxygen atoms in total. The van der Waals surface area contributed by atoms with E-state index in [-0.39, 0.29) is 0 Å². The Morgan fingerprint density at radius 1 is 1.64 bits per heavy atom. The first-order chi connectivity index (χ1) is 6.67. The van der Waals surface area contributed by atoms with Gasteiger partial charge in [0.1, 0.15) is 11.5 Å². The number of hydrogen-bond acceptors (Lipinski definition) is 3. The molecule has 0 radical (unpaired) electrons. The van der Waals surface area contributed by atoms with Crippen LogP contribution in [0.1, 0.15) is 17.1 Å². The van der Waals surface area contributed by atoms with E-state index in [0.717, 1.165) is 23.6 Å². The zero-order valence-electron chi connectivity index (χ0n) is 8.71. The summed E-state index contributed by atoms with van der Waals surface area (Å²) >= 11 is 0. The first kappa shape index (κ1) is 10.8. The molecule has 0 bridgehead atoms. The average Bonchev–Trinajstić information content (AvgIpc) is 2.46. The average molecular weight is 192 g/mol. The van der Waals surface area contributed by atoms with E-state index in [1.54, 1.807) is 0 Å². The first-order valence-corrected chi connectivity index (χ1v) is 4.57. The van der Waals surface area contributed by atoms with Gasteiger partial charge in [-0.2, -0.15) is 0 Å². The summed E-state index contributed by atoms with van der Waals surface area (Å²) in [7, 11) is 1.96. The molecule has 3 heteroatoms. The molecular weight excluding hydrogens is 176 g/mol. The minimum Gasteiger partial charge on any atom is -0.463 e. The molecule has 0 aliphatic heterocycles. The first-order valence-electron chi connectivity index (χ1n) is 4.57. The van der Waals surface area contributed by atoms with Gasteiger partial charge in [0, 0.05) is 0 Å². The second kappa shape index (κ2) is 4.85. The van der Waals surface area contributed by atoms with Crippen LogP contribution in [0.3, 0.4) is 0 Å². The molecule has 14 heavy (non-hydrogen) atoms. The standard InChI is InChI=1S/C11H16N2O/c1-4-5-13(3)8-10-6-9(2)11(7-12)14-10/h1,6H,5,7-8,12H2,2-3H3. The number of rotatable bonds is 4. The molecule has 0 unspecified atom stereocenters. The summed E-state index contributed by atoms with van der Waals surface area (Å²) in [6.07, 6.45) is 5.20. The van der Waals surface area contributed by atoms with Crippen LogP contribution in [0.5, 0.6) is 0 Å². The zero-order chi connectivity index (χ0) is 10.6. The van der Waals surface area contributed by atoms with E-state index in [0.29, 0.717) is 13.1 Å². The molecule has 1 aromatic heterocycles. The van der Waals surface area contributed by atoms with Gasteiger partial charge in [0.2, 0.25) is 0 Å². The highest BCUT2D eigenvalue weighted by Crippen LogP contribution is 2.14. The summed E-state index contributed by atoms with van der Waals surface area (Å²) in [6.45, 7) is 3.80. The van der Waals surface area contributed by atoms with Crippen LogP contribution in [0.15, 0.2) is 10.5 Å². The van der Waals surface area contributed by atoms with Crippen LogP contribution in [0.4, 0.5) is 0 Å². The molecule has 2 N–H and O–H groups in total. The van der Waals surface area contributed by atoms with Gasteiger partial charge in [0.05, 0.1) is 19.6 Å². The number of nitrogens with zero attached hydrogens (tertiary/aromatic N) is 1. The van der Waals surface area contributed by atoms with Crippen molar-refractivity contribution >= 4 is 0 Å². The lowest BCUT2D eigenvalue weighted by Gasteiger charge is -2.10. The van der Waals surface area contributed by atoms with Crippen molar-refractivity contribution < 1.29 is 4.42 Å². The summed E-state index contributed by atoms with van der Waals surface area (Å²) < 4.78 is 5.55. The van der Waals surface area contributed by atoms with Crippen molar-refractivity contribution in [2.75, 3.05) is 13.6 Å². The van der Waals surface area contributed by atoms with Gasteiger partial charge in [-0.1, -0.05) is 5.92 Å². The van der Waals surface area contributed by atoms with Crippen molar-refractivity contribution in [2.45, 2.75) is 20.0 Å². The molecule has 1 rings (SSSR count). The Bertz CT molecular complexity index is 336. The number of hydrogen-bond donors (Lipinski definition) is 1. The Morgan fingerprint density at radius 2 is 2.36 bits per heavy atom. The SMILES string of the molecule is C#CCN(C)Cc1cc(C)c(CN)o1. The number of terminal acetylenes is 1. The summed E-state index contributed by atoms with van der Waals surface area (Å²) in [5.41, 5.74) is 6.62. The number of nitrogens with two attached hydrogens (primary N) is 1. The van der Waals surface area contributed by atoms with Crippen molar-refractivity contribution in [3.63, 3.8) is 0 Å². The maximum absolute atomic E-state index is 5.55. The quantitative estimate of drug-likeness (QED) is 0.727. The molecule has 0 aliphatic rings. The summed E-state index contributed by atoms with van der Waals surface area (Å²) in [5, 5.41) is 0. The lowest BCUT2D eigenvalue weighted by atomic mass is 10.2. The van der Waals surface area contributed by atoms with E-state index in [2.05, 4.69) is 5.92 Å². The van der Waals surface area contributed by atoms with Gasteiger partial charge in [-0.3, -0.25) is 4.90 Å². The van der Waals surface area contributed by atoms with Crippen molar-refractivity contribution in [1.82, 2.24) is 4.90 Å². The fourth-order valence-electron chi connectivity index (χ4n) is 1.35. The van der Waals surface area contributed by atoms with Crippen LogP contribution in [0, 0.1) is 19.3 Å². The minimum absolute atomic E-state index is 0.449. The fraction of sp³-hybridized carbons (Fsp3) is 0.455. The third kappa shape index (κ3) is 2.63. The topological polar surface area (TPSA) is 42.4 Å². The maximum Gasteiger partial charge on any atom is 0.120 e. The van der Waals surface area contributed by atoms with Gasteiger partial charge in [0.15, 0.2) is 0 Å².